The van der Waals surface area contributed by atoms with Crippen LogP contribution in [0.2, 0.25) is 24.7 Å². The molecule has 1 heteroatoms. The van der Waals surface area contributed by atoms with Crippen LogP contribution < -0.4 is 0 Å². The smallest absolute Gasteiger partial charge is 0.0512 e. The van der Waals surface area contributed by atoms with Gasteiger partial charge in [-0.1, -0.05) is 133 Å². The summed E-state index contributed by atoms with van der Waals surface area (Å²) in [5, 5.41) is 0. The van der Waals surface area contributed by atoms with Crippen molar-refractivity contribution >= 4 is 8.07 Å². The zero-order valence-corrected chi connectivity index (χ0v) is 26.2. The van der Waals surface area contributed by atoms with E-state index < -0.39 is 8.07 Å². The summed E-state index contributed by atoms with van der Waals surface area (Å²) in [5.74, 6) is 7.08. The van der Waals surface area contributed by atoms with Gasteiger partial charge in [-0.3, -0.25) is 0 Å². The molecule has 3 fully saturated rings. The van der Waals surface area contributed by atoms with Gasteiger partial charge in [0.25, 0.3) is 0 Å². The lowest BCUT2D eigenvalue weighted by Crippen LogP contribution is -2.40. The third-order valence-electron chi connectivity index (χ3n) is 11.7. The highest BCUT2D eigenvalue weighted by Gasteiger charge is 2.52. The van der Waals surface area contributed by atoms with E-state index in [1.54, 1.807) is 17.2 Å². The Balaban J connectivity index is 1.26. The molecule has 0 bridgehead atoms. The molecule has 0 aromatic heterocycles. The summed E-state index contributed by atoms with van der Waals surface area (Å²) in [5.41, 5.74) is 4.26. The quantitative estimate of drug-likeness (QED) is 0.313. The third kappa shape index (κ3) is 6.35. The van der Waals surface area contributed by atoms with Gasteiger partial charge >= 0.3 is 0 Å². The first kappa shape index (κ1) is 28.2. The summed E-state index contributed by atoms with van der Waals surface area (Å²) in [4.78, 5) is 0. The van der Waals surface area contributed by atoms with E-state index in [4.69, 9.17) is 0 Å². The Morgan fingerprint density at radius 1 is 0.711 bits per heavy atom. The molecule has 9 atom stereocenters. The molecule has 2 aromatic rings. The van der Waals surface area contributed by atoms with Crippen LogP contribution in [0, 0.1) is 35.5 Å². The SMILES string of the molecule is CC1CCCC[C@H](c2ccccc2)CC1C[C@@H](C)C[Si](C)(C)[C@@H]1C2CCCC(c3ccccc3)C2C[C@H]1C. The van der Waals surface area contributed by atoms with Crippen LogP contribution in [0.3, 0.4) is 0 Å². The first-order valence-corrected chi connectivity index (χ1v) is 19.7. The summed E-state index contributed by atoms with van der Waals surface area (Å²) >= 11 is 0. The first-order valence-electron chi connectivity index (χ1n) is 16.4. The van der Waals surface area contributed by atoms with Gasteiger partial charge in [0.05, 0.1) is 8.07 Å². The fourth-order valence-electron chi connectivity index (χ4n) is 10.3. The molecule has 0 nitrogen and oxygen atoms in total. The van der Waals surface area contributed by atoms with Crippen molar-refractivity contribution in [2.45, 2.75) is 121 Å². The maximum absolute atomic E-state index is 2.80. The van der Waals surface area contributed by atoms with Crippen LogP contribution in [0.1, 0.15) is 108 Å². The van der Waals surface area contributed by atoms with Crippen LogP contribution in [0.15, 0.2) is 60.7 Å². The predicted octanol–water partition coefficient (Wildman–Crippen LogP) is 11.3. The van der Waals surface area contributed by atoms with Gasteiger partial charge in [-0.15, -0.1) is 0 Å². The van der Waals surface area contributed by atoms with Crippen LogP contribution in [0.5, 0.6) is 0 Å². The molecule has 0 amide bonds. The fraction of sp³-hybridized carbons (Fsp3) is 0.676. The van der Waals surface area contributed by atoms with Gasteiger partial charge in [-0.25, -0.2) is 0 Å². The minimum atomic E-state index is -1.35. The van der Waals surface area contributed by atoms with Gasteiger partial charge in [0.15, 0.2) is 0 Å². The Hall–Kier alpha value is -1.34. The molecule has 5 unspecified atom stereocenters. The highest BCUT2D eigenvalue weighted by molar-refractivity contribution is 6.79. The van der Waals surface area contributed by atoms with E-state index in [0.29, 0.717) is 0 Å². The van der Waals surface area contributed by atoms with Crippen LogP contribution >= 0.6 is 0 Å². The minimum absolute atomic E-state index is 0.772. The summed E-state index contributed by atoms with van der Waals surface area (Å²) in [7, 11) is -1.35. The summed E-state index contributed by atoms with van der Waals surface area (Å²) in [6.45, 7) is 13.5. The molecule has 0 radical (unpaired) electrons. The van der Waals surface area contributed by atoms with E-state index in [1.165, 1.54) is 64.2 Å². The fourth-order valence-corrected chi connectivity index (χ4v) is 15.8. The molecule has 2 aromatic carbocycles. The minimum Gasteiger partial charge on any atom is -0.0691 e. The predicted molar refractivity (Wildman–Crippen MR) is 169 cm³/mol. The highest BCUT2D eigenvalue weighted by atomic mass is 28.3. The maximum Gasteiger partial charge on any atom is 0.0512 e. The second-order valence-electron chi connectivity index (χ2n) is 14.9. The second kappa shape index (κ2) is 12.4. The van der Waals surface area contributed by atoms with Crippen molar-refractivity contribution in [1.82, 2.24) is 0 Å². The Morgan fingerprint density at radius 3 is 2.08 bits per heavy atom. The number of hydrogen-bond donors (Lipinski definition) is 0. The topological polar surface area (TPSA) is 0 Å². The summed E-state index contributed by atoms with van der Waals surface area (Å²) in [6, 6.07) is 24.6. The number of benzene rings is 2. The highest BCUT2D eigenvalue weighted by Crippen LogP contribution is 2.60. The lowest BCUT2D eigenvalue weighted by Gasteiger charge is -2.43. The van der Waals surface area contributed by atoms with Crippen LogP contribution in [0.25, 0.3) is 0 Å². The molecular formula is C37H56Si. The van der Waals surface area contributed by atoms with E-state index in [2.05, 4.69) is 94.5 Å². The molecule has 0 aliphatic heterocycles. The Kier molecular flexibility index (Phi) is 9.24. The van der Waals surface area contributed by atoms with Crippen LogP contribution in [0.4, 0.5) is 0 Å². The van der Waals surface area contributed by atoms with Gasteiger partial charge in [0, 0.05) is 0 Å². The van der Waals surface area contributed by atoms with E-state index in [9.17, 15) is 0 Å². The lowest BCUT2D eigenvalue weighted by molar-refractivity contribution is 0.224. The maximum atomic E-state index is 2.80. The van der Waals surface area contributed by atoms with E-state index >= 15 is 0 Å². The number of rotatable bonds is 7. The van der Waals surface area contributed by atoms with Crippen molar-refractivity contribution in [2.24, 2.45) is 35.5 Å². The van der Waals surface area contributed by atoms with Crippen molar-refractivity contribution in [3.8, 4) is 0 Å². The molecule has 0 heterocycles. The lowest BCUT2D eigenvalue weighted by atomic mass is 9.71. The molecule has 3 aliphatic rings. The zero-order chi connectivity index (χ0) is 26.7. The number of fused-ring (bicyclic) bond motifs is 1. The summed E-state index contributed by atoms with van der Waals surface area (Å²) in [6.07, 6.45) is 14.4. The number of hydrogen-bond acceptors (Lipinski definition) is 0. The second-order valence-corrected chi connectivity index (χ2v) is 20.0. The Bertz CT molecular complexity index is 980. The molecule has 3 saturated carbocycles. The summed E-state index contributed by atoms with van der Waals surface area (Å²) < 4.78 is 0. The van der Waals surface area contributed by atoms with Gasteiger partial charge in [-0.05, 0) is 96.1 Å². The Labute approximate surface area is 236 Å². The molecule has 208 valence electrons. The molecule has 3 aliphatic carbocycles. The van der Waals surface area contributed by atoms with Gasteiger partial charge in [0.2, 0.25) is 0 Å². The van der Waals surface area contributed by atoms with E-state index in [1.807, 2.05) is 0 Å². The average Bonchev–Trinajstić information content (AvgIpc) is 3.26. The van der Waals surface area contributed by atoms with Crippen LogP contribution in [-0.2, 0) is 0 Å². The monoisotopic (exact) mass is 528 g/mol. The molecule has 0 saturated heterocycles. The Morgan fingerprint density at radius 2 is 1.37 bits per heavy atom. The molecular weight excluding hydrogens is 472 g/mol. The zero-order valence-electron chi connectivity index (χ0n) is 25.2. The standard InChI is InChI=1S/C37H56Si/c1-27(23-33-25-32(20-13-12-15-28(33)2)30-16-8-6-9-17-30)26-38(4,5)37-29(3)24-36-34(21-14-22-35(36)37)31-18-10-7-11-19-31/h6-11,16-19,27-29,32-37H,12-15,20-26H2,1-5H3/t27-,28?,29-,32+,33?,34?,35?,36?,37+/m1/s1. The third-order valence-corrected chi connectivity index (χ3v) is 16.2. The first-order chi connectivity index (χ1) is 18.3. The normalized spacial score (nSPS) is 35.2. The van der Waals surface area contributed by atoms with Gasteiger partial charge < -0.3 is 0 Å². The molecule has 38 heavy (non-hydrogen) atoms. The molecule has 0 spiro atoms. The van der Waals surface area contributed by atoms with Crippen molar-refractivity contribution in [3.05, 3.63) is 71.8 Å². The van der Waals surface area contributed by atoms with Gasteiger partial charge in [0.1, 0.15) is 0 Å². The van der Waals surface area contributed by atoms with E-state index in [0.717, 1.165) is 52.9 Å². The van der Waals surface area contributed by atoms with Crippen LogP contribution in [-0.4, -0.2) is 8.07 Å². The van der Waals surface area contributed by atoms with Crippen molar-refractivity contribution in [2.75, 3.05) is 0 Å². The van der Waals surface area contributed by atoms with E-state index in [-0.39, 0.29) is 0 Å². The van der Waals surface area contributed by atoms with Gasteiger partial charge in [-0.2, -0.15) is 0 Å². The average molecular weight is 529 g/mol. The molecule has 5 rings (SSSR count). The van der Waals surface area contributed by atoms with Crippen molar-refractivity contribution in [1.29, 1.82) is 0 Å². The van der Waals surface area contributed by atoms with Crippen molar-refractivity contribution in [3.63, 3.8) is 0 Å². The largest absolute Gasteiger partial charge is 0.0691 e. The molecule has 0 N–H and O–H groups in total. The van der Waals surface area contributed by atoms with Crippen molar-refractivity contribution < 1.29 is 0 Å².